The van der Waals surface area contributed by atoms with Gasteiger partial charge in [0.2, 0.25) is 0 Å². The van der Waals surface area contributed by atoms with Crippen LogP contribution in [-0.2, 0) is 10.8 Å². The normalized spacial score (nSPS) is 15.4. The van der Waals surface area contributed by atoms with E-state index in [-0.39, 0.29) is 0 Å². The van der Waals surface area contributed by atoms with Gasteiger partial charge in [-0.05, 0) is 150 Å². The molecule has 0 bridgehead atoms. The van der Waals surface area contributed by atoms with Crippen LogP contribution in [0.2, 0.25) is 20.1 Å². The third-order valence-corrected chi connectivity index (χ3v) is 12.3. The summed E-state index contributed by atoms with van der Waals surface area (Å²) in [5.74, 6) is 0. The maximum atomic E-state index is 6.83. The number of halogens is 4. The highest BCUT2D eigenvalue weighted by Crippen LogP contribution is 2.68. The van der Waals surface area contributed by atoms with E-state index in [0.717, 1.165) is 20.1 Å². The summed E-state index contributed by atoms with van der Waals surface area (Å²) in [4.78, 5) is 0. The van der Waals surface area contributed by atoms with Gasteiger partial charge in [-0.1, -0.05) is 119 Å². The monoisotopic (exact) mass is 690 g/mol. The first-order valence-electron chi connectivity index (χ1n) is 16.0. The summed E-state index contributed by atoms with van der Waals surface area (Å²) < 4.78 is 0. The molecule has 4 aliphatic rings. The Labute approximate surface area is 298 Å². The fourth-order valence-electron chi connectivity index (χ4n) is 9.74. The molecule has 0 saturated carbocycles. The average Bonchev–Trinajstić information content (AvgIpc) is 3.75. The fraction of sp³-hybridized carbons (Fsp3) is 0.0455. The summed E-state index contributed by atoms with van der Waals surface area (Å²) in [5.41, 5.74) is 18.2. The van der Waals surface area contributed by atoms with Crippen molar-refractivity contribution in [2.24, 2.45) is 0 Å². The predicted molar refractivity (Wildman–Crippen MR) is 199 cm³/mol. The van der Waals surface area contributed by atoms with Gasteiger partial charge in [-0.15, -0.1) is 0 Å². The molecule has 0 saturated heterocycles. The second-order valence-corrected chi connectivity index (χ2v) is 15.0. The predicted octanol–water partition coefficient (Wildman–Crippen LogP) is 13.0. The van der Waals surface area contributed by atoms with Crippen LogP contribution in [0, 0.1) is 0 Å². The molecule has 0 heterocycles. The highest BCUT2D eigenvalue weighted by atomic mass is 35.5. The van der Waals surface area contributed by atoms with Crippen LogP contribution in [0.15, 0.2) is 133 Å². The van der Waals surface area contributed by atoms with Crippen molar-refractivity contribution in [2.75, 3.05) is 0 Å². The molecule has 0 fully saturated rings. The van der Waals surface area contributed by atoms with Crippen LogP contribution in [0.3, 0.4) is 0 Å². The largest absolute Gasteiger partial charge is 0.0843 e. The van der Waals surface area contributed by atoms with Gasteiger partial charge in [0.05, 0.1) is 10.8 Å². The summed E-state index contributed by atoms with van der Waals surface area (Å²) >= 11 is 27.3. The van der Waals surface area contributed by atoms with Crippen molar-refractivity contribution in [2.45, 2.75) is 10.8 Å². The molecule has 0 N–H and O–H groups in total. The maximum absolute atomic E-state index is 6.83. The summed E-state index contributed by atoms with van der Waals surface area (Å²) in [6.45, 7) is 0. The first-order chi connectivity index (χ1) is 23.4. The number of fused-ring (bicyclic) bond motifs is 20. The van der Waals surface area contributed by atoms with E-state index >= 15 is 0 Å². The van der Waals surface area contributed by atoms with Gasteiger partial charge in [0.25, 0.3) is 0 Å². The molecular formula is C44H22Cl4. The van der Waals surface area contributed by atoms with E-state index in [1.165, 1.54) is 89.0 Å². The molecule has 0 amide bonds. The van der Waals surface area contributed by atoms with Gasteiger partial charge in [-0.25, -0.2) is 0 Å². The molecular weight excluding hydrogens is 670 g/mol. The molecule has 0 nitrogen and oxygen atoms in total. The van der Waals surface area contributed by atoms with E-state index in [4.69, 9.17) is 46.4 Å². The van der Waals surface area contributed by atoms with E-state index in [1.54, 1.807) is 0 Å². The summed E-state index contributed by atoms with van der Waals surface area (Å²) in [6.07, 6.45) is 0. The smallest absolute Gasteiger partial charge is 0.0726 e. The number of rotatable bonds is 0. The zero-order chi connectivity index (χ0) is 32.1. The molecule has 48 heavy (non-hydrogen) atoms. The number of hydrogen-bond donors (Lipinski definition) is 0. The van der Waals surface area contributed by atoms with Crippen LogP contribution in [0.1, 0.15) is 44.5 Å². The van der Waals surface area contributed by atoms with E-state index in [2.05, 4.69) is 109 Å². The van der Waals surface area contributed by atoms with Crippen LogP contribution < -0.4 is 0 Å². The number of benzene rings is 7. The highest BCUT2D eigenvalue weighted by molar-refractivity contribution is 6.32. The highest BCUT2D eigenvalue weighted by Gasteiger charge is 2.56. The van der Waals surface area contributed by atoms with Crippen molar-refractivity contribution in [3.8, 4) is 44.5 Å². The van der Waals surface area contributed by atoms with Crippen molar-refractivity contribution in [3.05, 3.63) is 198 Å². The molecule has 0 aliphatic heterocycles. The first kappa shape index (κ1) is 27.6. The minimum atomic E-state index is -0.579. The zero-order valence-electron chi connectivity index (χ0n) is 25.2. The molecule has 7 aromatic rings. The Kier molecular flexibility index (Phi) is 5.31. The molecule has 0 unspecified atom stereocenters. The SMILES string of the molecule is Clc1ccc2c(c1)C1(c3ccccc3-c3cc4c(cc31)-c1ccccc1C41c3cc(Cl)ccc3-c3ccc(Cl)cc31)c1cc(Cl)ccc1-2. The Morgan fingerprint density at radius 1 is 0.250 bits per heavy atom. The van der Waals surface area contributed by atoms with Crippen LogP contribution in [0.25, 0.3) is 44.5 Å². The Morgan fingerprint density at radius 3 is 0.854 bits per heavy atom. The third kappa shape index (κ3) is 3.08. The second kappa shape index (κ2) is 9.23. The van der Waals surface area contributed by atoms with E-state index in [9.17, 15) is 0 Å². The van der Waals surface area contributed by atoms with E-state index in [0.29, 0.717) is 0 Å². The van der Waals surface area contributed by atoms with Gasteiger partial charge in [-0.3, -0.25) is 0 Å². The van der Waals surface area contributed by atoms with Gasteiger partial charge in [0.15, 0.2) is 0 Å². The van der Waals surface area contributed by atoms with Gasteiger partial charge in [-0.2, -0.15) is 0 Å². The lowest BCUT2D eigenvalue weighted by atomic mass is 9.68. The summed E-state index contributed by atoms with van der Waals surface area (Å²) in [7, 11) is 0. The molecule has 7 aromatic carbocycles. The zero-order valence-corrected chi connectivity index (χ0v) is 28.2. The molecule has 4 aliphatic carbocycles. The second-order valence-electron chi connectivity index (χ2n) is 13.3. The molecule has 4 heteroatoms. The van der Waals surface area contributed by atoms with Crippen molar-refractivity contribution in [1.82, 2.24) is 0 Å². The third-order valence-electron chi connectivity index (χ3n) is 11.3. The van der Waals surface area contributed by atoms with Crippen LogP contribution >= 0.6 is 46.4 Å². The summed E-state index contributed by atoms with van der Waals surface area (Å²) in [6, 6.07) is 47.9. The Bertz CT molecular complexity index is 2340. The lowest BCUT2D eigenvalue weighted by molar-refractivity contribution is 0.783. The quantitative estimate of drug-likeness (QED) is 0.148. The van der Waals surface area contributed by atoms with Crippen LogP contribution in [-0.4, -0.2) is 0 Å². The van der Waals surface area contributed by atoms with Crippen molar-refractivity contribution >= 4 is 46.4 Å². The minimum absolute atomic E-state index is 0.579. The topological polar surface area (TPSA) is 0 Å². The fourth-order valence-corrected chi connectivity index (χ4v) is 10.4. The van der Waals surface area contributed by atoms with Crippen molar-refractivity contribution in [1.29, 1.82) is 0 Å². The molecule has 0 atom stereocenters. The molecule has 0 aromatic heterocycles. The Hall–Kier alpha value is -4.30. The molecule has 226 valence electrons. The van der Waals surface area contributed by atoms with E-state index in [1.807, 2.05) is 24.3 Å². The van der Waals surface area contributed by atoms with Crippen molar-refractivity contribution in [3.63, 3.8) is 0 Å². The van der Waals surface area contributed by atoms with Crippen LogP contribution in [0.4, 0.5) is 0 Å². The molecule has 2 spiro atoms. The lowest BCUT2D eigenvalue weighted by Gasteiger charge is -2.32. The van der Waals surface area contributed by atoms with Gasteiger partial charge in [0, 0.05) is 20.1 Å². The lowest BCUT2D eigenvalue weighted by Crippen LogP contribution is -2.27. The molecule has 11 rings (SSSR count). The Morgan fingerprint density at radius 2 is 0.521 bits per heavy atom. The van der Waals surface area contributed by atoms with Crippen LogP contribution in [0.5, 0.6) is 0 Å². The standard InChI is InChI=1S/C44H22Cl4/c45-23-9-13-29-30-14-10-24(46)18-38(30)43(37(29)17-23)35-7-3-1-5-27(35)33-21-42-34(22-41(33)43)28-6-2-4-8-36(28)44(42)39-19-25(47)11-15-31(39)32-16-12-26(48)20-40(32)44/h1-22H. The molecule has 0 radical (unpaired) electrons. The van der Waals surface area contributed by atoms with E-state index < -0.39 is 10.8 Å². The van der Waals surface area contributed by atoms with Gasteiger partial charge >= 0.3 is 0 Å². The Balaban J connectivity index is 1.33. The minimum Gasteiger partial charge on any atom is -0.0843 e. The average molecular weight is 692 g/mol. The maximum Gasteiger partial charge on any atom is 0.0726 e. The van der Waals surface area contributed by atoms with Gasteiger partial charge < -0.3 is 0 Å². The summed E-state index contributed by atoms with van der Waals surface area (Å²) in [5, 5.41) is 2.88. The number of hydrogen-bond acceptors (Lipinski definition) is 0. The first-order valence-corrected chi connectivity index (χ1v) is 17.5. The van der Waals surface area contributed by atoms with Gasteiger partial charge in [0.1, 0.15) is 0 Å². The van der Waals surface area contributed by atoms with Crippen molar-refractivity contribution < 1.29 is 0 Å².